The van der Waals surface area contributed by atoms with Gasteiger partial charge in [0.15, 0.2) is 0 Å². The maximum Gasteiger partial charge on any atom is 0.0433 e. The van der Waals surface area contributed by atoms with Crippen molar-refractivity contribution in [2.24, 2.45) is 0 Å². The highest BCUT2D eigenvalue weighted by molar-refractivity contribution is 5.82. The molecule has 0 radical (unpaired) electrons. The molecule has 0 heterocycles. The van der Waals surface area contributed by atoms with Gasteiger partial charge in [0.05, 0.1) is 0 Å². The van der Waals surface area contributed by atoms with Crippen LogP contribution in [0.4, 0.5) is 11.4 Å². The van der Waals surface area contributed by atoms with Crippen LogP contribution < -0.4 is 9.80 Å². The van der Waals surface area contributed by atoms with Crippen molar-refractivity contribution < 1.29 is 0 Å². The Bertz CT molecular complexity index is 2790. The lowest BCUT2D eigenvalue weighted by Gasteiger charge is -2.30. The second-order valence-electron chi connectivity index (χ2n) is 18.2. The standard InChI is InChI=1S/C66H59N3/c1-7-19-52(20-8-1)46-67(47-53-21-9-2-10-22-53)64-37-31-58(32-38-64)61-43-62(59-33-39-65(40-34-59)68(48-54-23-11-3-12-24-54)49-55-25-13-4-14-26-55)45-63(44-61)60-35-41-66(42-36-60)69(50-56-27-15-5-16-28-56)51-57-29-17-6-18-30-57/h1-35,37-41,43-45H,36,42,46-51H2. The first-order valence-electron chi connectivity index (χ1n) is 24.4. The highest BCUT2D eigenvalue weighted by atomic mass is 15.1. The zero-order valence-electron chi connectivity index (χ0n) is 39.3. The highest BCUT2D eigenvalue weighted by Crippen LogP contribution is 2.37. The van der Waals surface area contributed by atoms with Crippen LogP contribution >= 0.6 is 0 Å². The van der Waals surface area contributed by atoms with Gasteiger partial charge in [-0.25, -0.2) is 0 Å². The topological polar surface area (TPSA) is 9.72 Å². The lowest BCUT2D eigenvalue weighted by atomic mass is 9.89. The molecule has 0 N–H and O–H groups in total. The van der Waals surface area contributed by atoms with E-state index in [0.717, 1.165) is 52.1 Å². The van der Waals surface area contributed by atoms with Crippen molar-refractivity contribution in [1.29, 1.82) is 0 Å². The Morgan fingerprint density at radius 2 is 0.536 bits per heavy atom. The van der Waals surface area contributed by atoms with E-state index >= 15 is 0 Å². The van der Waals surface area contributed by atoms with Crippen LogP contribution in [0.5, 0.6) is 0 Å². The number of hydrogen-bond acceptors (Lipinski definition) is 3. The first-order chi connectivity index (χ1) is 34.1. The smallest absolute Gasteiger partial charge is 0.0433 e. The molecule has 0 bridgehead atoms. The molecule has 0 atom stereocenters. The minimum Gasteiger partial charge on any atom is -0.366 e. The summed E-state index contributed by atoms with van der Waals surface area (Å²) >= 11 is 0. The highest BCUT2D eigenvalue weighted by Gasteiger charge is 2.18. The summed E-state index contributed by atoms with van der Waals surface area (Å²) < 4.78 is 0. The Kier molecular flexibility index (Phi) is 14.3. The van der Waals surface area contributed by atoms with Gasteiger partial charge in [-0.05, 0) is 128 Å². The number of hydrogen-bond donors (Lipinski definition) is 0. The van der Waals surface area contributed by atoms with E-state index in [1.165, 1.54) is 83.8 Å². The number of rotatable bonds is 18. The molecule has 0 saturated heterocycles. The van der Waals surface area contributed by atoms with Crippen LogP contribution in [-0.2, 0) is 39.3 Å². The van der Waals surface area contributed by atoms with E-state index in [0.29, 0.717) is 0 Å². The summed E-state index contributed by atoms with van der Waals surface area (Å²) in [4.78, 5) is 7.51. The molecule has 0 amide bonds. The van der Waals surface area contributed by atoms with Crippen LogP contribution in [0.1, 0.15) is 51.8 Å². The van der Waals surface area contributed by atoms with E-state index in [1.54, 1.807) is 0 Å². The van der Waals surface area contributed by atoms with Gasteiger partial charge >= 0.3 is 0 Å². The van der Waals surface area contributed by atoms with Gasteiger partial charge in [0.1, 0.15) is 0 Å². The largest absolute Gasteiger partial charge is 0.366 e. The third-order valence-corrected chi connectivity index (χ3v) is 13.3. The van der Waals surface area contributed by atoms with E-state index in [-0.39, 0.29) is 0 Å². The number of anilines is 2. The maximum absolute atomic E-state index is 2.56. The molecule has 0 saturated carbocycles. The van der Waals surface area contributed by atoms with Gasteiger partial charge in [0, 0.05) is 56.3 Å². The van der Waals surface area contributed by atoms with Gasteiger partial charge in [-0.1, -0.05) is 212 Å². The van der Waals surface area contributed by atoms with Crippen molar-refractivity contribution in [1.82, 2.24) is 4.90 Å². The van der Waals surface area contributed by atoms with Crippen LogP contribution in [0.15, 0.2) is 267 Å². The SMILES string of the molecule is C1=C(c2cc(-c3ccc(N(Cc4ccccc4)Cc4ccccc4)cc3)cc(-c3ccc(N(Cc4ccccc4)Cc4ccccc4)cc3)c2)CCC(N(Cc2ccccc2)Cc2ccccc2)=C1. The number of allylic oxidation sites excluding steroid dienone is 4. The molecular formula is C66H59N3. The van der Waals surface area contributed by atoms with E-state index in [2.05, 4.69) is 276 Å². The first kappa shape index (κ1) is 44.7. The fourth-order valence-electron chi connectivity index (χ4n) is 9.56. The first-order valence-corrected chi connectivity index (χ1v) is 24.4. The molecule has 0 spiro atoms. The number of benzene rings is 9. The third kappa shape index (κ3) is 11.9. The summed E-state index contributed by atoms with van der Waals surface area (Å²) in [5, 5.41) is 0. The third-order valence-electron chi connectivity index (χ3n) is 13.3. The fourth-order valence-corrected chi connectivity index (χ4v) is 9.56. The second kappa shape index (κ2) is 22.1. The Morgan fingerprint density at radius 3 is 0.826 bits per heavy atom. The van der Waals surface area contributed by atoms with Crippen molar-refractivity contribution in [2.75, 3.05) is 9.80 Å². The summed E-state index contributed by atoms with van der Waals surface area (Å²) in [7, 11) is 0. The molecule has 9 aromatic rings. The molecule has 0 aromatic heterocycles. The zero-order valence-corrected chi connectivity index (χ0v) is 39.3. The molecule has 1 aliphatic rings. The Balaban J connectivity index is 0.994. The van der Waals surface area contributed by atoms with Gasteiger partial charge in [0.2, 0.25) is 0 Å². The zero-order chi connectivity index (χ0) is 46.5. The Hall–Kier alpha value is -8.14. The molecule has 0 unspecified atom stereocenters. The van der Waals surface area contributed by atoms with Crippen molar-refractivity contribution in [3.63, 3.8) is 0 Å². The predicted molar refractivity (Wildman–Crippen MR) is 290 cm³/mol. The van der Waals surface area contributed by atoms with E-state index < -0.39 is 0 Å². The van der Waals surface area contributed by atoms with Gasteiger partial charge in [-0.3, -0.25) is 0 Å². The second-order valence-corrected chi connectivity index (χ2v) is 18.2. The monoisotopic (exact) mass is 893 g/mol. The molecule has 10 rings (SSSR count). The van der Waals surface area contributed by atoms with Crippen molar-refractivity contribution in [3.8, 4) is 22.3 Å². The average molecular weight is 894 g/mol. The van der Waals surface area contributed by atoms with Crippen LogP contribution in [0.2, 0.25) is 0 Å². The van der Waals surface area contributed by atoms with Crippen molar-refractivity contribution in [2.45, 2.75) is 52.1 Å². The van der Waals surface area contributed by atoms with Gasteiger partial charge in [0.25, 0.3) is 0 Å². The minimum absolute atomic E-state index is 0.830. The van der Waals surface area contributed by atoms with Gasteiger partial charge in [-0.15, -0.1) is 0 Å². The molecule has 0 aliphatic heterocycles. The molecule has 338 valence electrons. The fraction of sp³-hybridized carbons (Fsp3) is 0.121. The van der Waals surface area contributed by atoms with E-state index in [9.17, 15) is 0 Å². The van der Waals surface area contributed by atoms with Gasteiger partial charge < -0.3 is 14.7 Å². The molecule has 3 nitrogen and oxygen atoms in total. The Morgan fingerprint density at radius 1 is 0.246 bits per heavy atom. The summed E-state index contributed by atoms with van der Waals surface area (Å²) in [6.45, 7) is 5.07. The average Bonchev–Trinajstić information content (AvgIpc) is 3.42. The van der Waals surface area contributed by atoms with Crippen LogP contribution in [0, 0.1) is 0 Å². The van der Waals surface area contributed by atoms with Crippen molar-refractivity contribution in [3.05, 3.63) is 306 Å². The summed E-state index contributed by atoms with van der Waals surface area (Å²) in [5.74, 6) is 0. The summed E-state index contributed by atoms with van der Waals surface area (Å²) in [6.07, 6.45) is 6.70. The van der Waals surface area contributed by atoms with E-state index in [1.807, 2.05) is 0 Å². The normalized spacial score (nSPS) is 12.2. The summed E-state index contributed by atoms with van der Waals surface area (Å²) in [5.41, 5.74) is 19.1. The minimum atomic E-state index is 0.830. The van der Waals surface area contributed by atoms with Crippen molar-refractivity contribution >= 4 is 16.9 Å². The maximum atomic E-state index is 2.56. The van der Waals surface area contributed by atoms with Crippen LogP contribution in [-0.4, -0.2) is 4.90 Å². The van der Waals surface area contributed by atoms with E-state index in [4.69, 9.17) is 0 Å². The van der Waals surface area contributed by atoms with Crippen LogP contribution in [0.3, 0.4) is 0 Å². The molecule has 69 heavy (non-hydrogen) atoms. The molecule has 3 heteroatoms. The van der Waals surface area contributed by atoms with Gasteiger partial charge in [-0.2, -0.15) is 0 Å². The predicted octanol–water partition coefficient (Wildman–Crippen LogP) is 16.2. The quantitative estimate of drug-likeness (QED) is 0.0850. The van der Waals surface area contributed by atoms with Crippen LogP contribution in [0.25, 0.3) is 27.8 Å². The lowest BCUT2D eigenvalue weighted by molar-refractivity contribution is 0.317. The molecule has 9 aromatic carbocycles. The molecular weight excluding hydrogens is 835 g/mol. The molecule has 0 fully saturated rings. The number of nitrogens with zero attached hydrogens (tertiary/aromatic N) is 3. The Labute approximate surface area is 409 Å². The summed E-state index contributed by atoms with van der Waals surface area (Å²) in [6, 6.07) is 90.6. The molecule has 1 aliphatic carbocycles. The lowest BCUT2D eigenvalue weighted by Crippen LogP contribution is -2.23.